The molecule has 4 rings (SSSR count). The molecule has 1 fully saturated rings. The molecule has 0 radical (unpaired) electrons. The molecule has 8 heteroatoms. The Morgan fingerprint density at radius 3 is 2.74 bits per heavy atom. The van der Waals surface area contributed by atoms with Crippen LogP contribution in [0.2, 0.25) is 0 Å². The number of likely N-dealkylation sites (tertiary alicyclic amines) is 1. The van der Waals surface area contributed by atoms with Crippen molar-refractivity contribution in [1.82, 2.24) is 4.90 Å². The van der Waals surface area contributed by atoms with Crippen LogP contribution in [-0.2, 0) is 14.3 Å². The fraction of sp³-hybridized carbons (Fsp3) is 0.407. The summed E-state index contributed by atoms with van der Waals surface area (Å²) in [5.74, 6) is -0.207. The number of aliphatic hydroxyl groups excluding tert-OH is 1. The second-order valence-corrected chi connectivity index (χ2v) is 9.03. The number of likely N-dealkylation sites (N-methyl/N-ethyl adjacent to an activating group) is 1. The molecule has 2 aliphatic heterocycles. The smallest absolute Gasteiger partial charge is 0.295 e. The number of hydrogen-bond donors (Lipinski definition) is 1. The van der Waals surface area contributed by atoms with E-state index in [0.717, 1.165) is 5.69 Å². The molecule has 2 aromatic carbocycles. The molecule has 0 spiro atoms. The Kier molecular flexibility index (Phi) is 7.31. The number of carbonyl (C=O) groups excluding carboxylic acids is 2. The molecule has 1 amide bonds. The van der Waals surface area contributed by atoms with Crippen molar-refractivity contribution in [1.29, 1.82) is 0 Å². The number of amides is 1. The lowest BCUT2D eigenvalue weighted by atomic mass is 9.94. The number of ketones is 1. The van der Waals surface area contributed by atoms with E-state index in [1.807, 2.05) is 50.1 Å². The SMILES string of the molecule is COCCCN1C(=O)C(=O)/C(=C(\O)c2ccc3c(c2)N(C)CCO3)C1c1cccc(OC(C)C)c1. The molecule has 0 bridgehead atoms. The van der Waals surface area contributed by atoms with E-state index in [4.69, 9.17) is 14.2 Å². The van der Waals surface area contributed by atoms with E-state index in [0.29, 0.717) is 55.4 Å². The molecule has 0 aromatic heterocycles. The largest absolute Gasteiger partial charge is 0.507 e. The van der Waals surface area contributed by atoms with Gasteiger partial charge in [-0.1, -0.05) is 12.1 Å². The van der Waals surface area contributed by atoms with Gasteiger partial charge in [0.2, 0.25) is 0 Å². The molecule has 0 saturated carbocycles. The molecule has 2 aromatic rings. The number of hydrogen-bond acceptors (Lipinski definition) is 7. The summed E-state index contributed by atoms with van der Waals surface area (Å²) < 4.78 is 16.7. The van der Waals surface area contributed by atoms with E-state index in [1.165, 1.54) is 4.90 Å². The second kappa shape index (κ2) is 10.4. The first kappa shape index (κ1) is 24.6. The van der Waals surface area contributed by atoms with E-state index in [9.17, 15) is 14.7 Å². The van der Waals surface area contributed by atoms with Crippen LogP contribution < -0.4 is 14.4 Å². The molecular formula is C27H32N2O6. The summed E-state index contributed by atoms with van der Waals surface area (Å²) in [4.78, 5) is 29.9. The molecule has 186 valence electrons. The van der Waals surface area contributed by atoms with Gasteiger partial charge in [-0.2, -0.15) is 0 Å². The number of nitrogens with zero attached hydrogens (tertiary/aromatic N) is 2. The minimum Gasteiger partial charge on any atom is -0.507 e. The predicted molar refractivity (Wildman–Crippen MR) is 133 cm³/mol. The van der Waals surface area contributed by atoms with Crippen LogP contribution in [-0.4, -0.2) is 68.3 Å². The Morgan fingerprint density at radius 2 is 2.00 bits per heavy atom. The van der Waals surface area contributed by atoms with Crippen molar-refractivity contribution in [2.24, 2.45) is 0 Å². The van der Waals surface area contributed by atoms with Gasteiger partial charge in [-0.3, -0.25) is 9.59 Å². The number of ether oxygens (including phenoxy) is 3. The minimum absolute atomic E-state index is 0.0342. The first-order valence-corrected chi connectivity index (χ1v) is 11.8. The predicted octanol–water partition coefficient (Wildman–Crippen LogP) is 3.76. The van der Waals surface area contributed by atoms with Gasteiger partial charge in [0.05, 0.1) is 30.0 Å². The van der Waals surface area contributed by atoms with Gasteiger partial charge in [-0.15, -0.1) is 0 Å². The van der Waals surface area contributed by atoms with Crippen LogP contribution in [0.15, 0.2) is 48.0 Å². The van der Waals surface area contributed by atoms with Crippen LogP contribution >= 0.6 is 0 Å². The van der Waals surface area contributed by atoms with Gasteiger partial charge in [0.1, 0.15) is 23.9 Å². The molecule has 2 heterocycles. The Morgan fingerprint density at radius 1 is 1.20 bits per heavy atom. The summed E-state index contributed by atoms with van der Waals surface area (Å²) in [7, 11) is 3.54. The fourth-order valence-electron chi connectivity index (χ4n) is 4.52. The molecule has 1 unspecified atom stereocenters. The second-order valence-electron chi connectivity index (χ2n) is 9.03. The maximum absolute atomic E-state index is 13.3. The van der Waals surface area contributed by atoms with Crippen molar-refractivity contribution in [3.63, 3.8) is 0 Å². The summed E-state index contributed by atoms with van der Waals surface area (Å²) in [5.41, 5.74) is 2.03. The Hall–Kier alpha value is -3.52. The van der Waals surface area contributed by atoms with Gasteiger partial charge in [0.25, 0.3) is 11.7 Å². The minimum atomic E-state index is -0.743. The number of anilines is 1. The van der Waals surface area contributed by atoms with E-state index >= 15 is 0 Å². The first-order chi connectivity index (χ1) is 16.8. The van der Waals surface area contributed by atoms with Crippen molar-refractivity contribution in [3.05, 3.63) is 59.2 Å². The highest BCUT2D eigenvalue weighted by molar-refractivity contribution is 6.46. The normalized spacial score (nSPS) is 19.2. The number of methoxy groups -OCH3 is 1. The molecule has 35 heavy (non-hydrogen) atoms. The third-order valence-electron chi connectivity index (χ3n) is 6.16. The maximum atomic E-state index is 13.3. The van der Waals surface area contributed by atoms with Crippen molar-refractivity contribution in [2.75, 3.05) is 45.4 Å². The highest BCUT2D eigenvalue weighted by atomic mass is 16.5. The number of carbonyl (C=O) groups is 2. The lowest BCUT2D eigenvalue weighted by Gasteiger charge is -2.28. The number of fused-ring (bicyclic) bond motifs is 1. The highest BCUT2D eigenvalue weighted by Gasteiger charge is 2.46. The number of benzene rings is 2. The maximum Gasteiger partial charge on any atom is 0.295 e. The molecule has 0 aliphatic carbocycles. The van der Waals surface area contributed by atoms with Gasteiger partial charge in [0.15, 0.2) is 0 Å². The highest BCUT2D eigenvalue weighted by Crippen LogP contribution is 2.42. The zero-order chi connectivity index (χ0) is 25.1. The fourth-order valence-corrected chi connectivity index (χ4v) is 4.52. The van der Waals surface area contributed by atoms with Crippen molar-refractivity contribution >= 4 is 23.1 Å². The lowest BCUT2D eigenvalue weighted by Crippen LogP contribution is -2.31. The van der Waals surface area contributed by atoms with E-state index in [1.54, 1.807) is 25.3 Å². The third-order valence-corrected chi connectivity index (χ3v) is 6.16. The van der Waals surface area contributed by atoms with Crippen molar-refractivity contribution in [3.8, 4) is 11.5 Å². The zero-order valence-electron chi connectivity index (χ0n) is 20.6. The molecule has 1 atom stereocenters. The average Bonchev–Trinajstić information content (AvgIpc) is 3.08. The molecule has 8 nitrogen and oxygen atoms in total. The quantitative estimate of drug-likeness (QED) is 0.266. The molecular weight excluding hydrogens is 448 g/mol. The average molecular weight is 481 g/mol. The molecule has 2 aliphatic rings. The van der Waals surface area contributed by atoms with Gasteiger partial charge in [0, 0.05) is 32.9 Å². The summed E-state index contributed by atoms with van der Waals surface area (Å²) in [6, 6.07) is 11.9. The monoisotopic (exact) mass is 480 g/mol. The van der Waals surface area contributed by atoms with Crippen LogP contribution in [0.5, 0.6) is 11.5 Å². The molecule has 1 saturated heterocycles. The Labute approximate surface area is 205 Å². The summed E-state index contributed by atoms with van der Waals surface area (Å²) in [5, 5.41) is 11.4. The number of rotatable bonds is 8. The first-order valence-electron chi connectivity index (χ1n) is 11.8. The summed E-state index contributed by atoms with van der Waals surface area (Å²) >= 11 is 0. The van der Waals surface area contributed by atoms with Gasteiger partial charge >= 0.3 is 0 Å². The van der Waals surface area contributed by atoms with Gasteiger partial charge in [-0.05, 0) is 56.2 Å². The van der Waals surface area contributed by atoms with Gasteiger partial charge < -0.3 is 29.1 Å². The van der Waals surface area contributed by atoms with Gasteiger partial charge in [-0.25, -0.2) is 0 Å². The summed E-state index contributed by atoms with van der Waals surface area (Å²) in [6.45, 7) is 5.92. The van der Waals surface area contributed by atoms with Crippen LogP contribution in [0.25, 0.3) is 5.76 Å². The molecule has 1 N–H and O–H groups in total. The summed E-state index contributed by atoms with van der Waals surface area (Å²) in [6.07, 6.45) is 0.525. The van der Waals surface area contributed by atoms with E-state index in [-0.39, 0.29) is 17.4 Å². The zero-order valence-corrected chi connectivity index (χ0v) is 20.6. The standard InChI is InChI=1S/C27H32N2O6/c1-17(2)35-20-8-5-7-18(15-20)24-23(26(31)27(32)29(24)11-6-13-33-4)25(30)19-9-10-22-21(16-19)28(3)12-14-34-22/h5,7-10,15-17,24,30H,6,11-14H2,1-4H3/b25-23-. The van der Waals surface area contributed by atoms with Crippen LogP contribution in [0.1, 0.15) is 37.4 Å². The van der Waals surface area contributed by atoms with Crippen LogP contribution in [0, 0.1) is 0 Å². The van der Waals surface area contributed by atoms with Crippen LogP contribution in [0.3, 0.4) is 0 Å². The third kappa shape index (κ3) is 4.98. The lowest BCUT2D eigenvalue weighted by molar-refractivity contribution is -0.140. The van der Waals surface area contributed by atoms with Crippen LogP contribution in [0.4, 0.5) is 5.69 Å². The van der Waals surface area contributed by atoms with E-state index in [2.05, 4.69) is 0 Å². The number of Topliss-reactive ketones (excluding diaryl/α,β-unsaturated/α-hetero) is 1. The van der Waals surface area contributed by atoms with E-state index < -0.39 is 17.7 Å². The topological polar surface area (TPSA) is 88.5 Å². The van der Waals surface area contributed by atoms with Crippen molar-refractivity contribution < 1.29 is 28.9 Å². The Bertz CT molecular complexity index is 1140. The number of aliphatic hydroxyl groups is 1. The Balaban J connectivity index is 1.82. The van der Waals surface area contributed by atoms with Crippen molar-refractivity contribution in [2.45, 2.75) is 32.4 Å².